The molecular formula is C14H21NO2. The molecule has 94 valence electrons. The number of amides is 1. The molecule has 1 saturated carbocycles. The van der Waals surface area contributed by atoms with Gasteiger partial charge in [-0.1, -0.05) is 25.7 Å². The molecule has 1 N–H and O–H groups in total. The maximum atomic E-state index is 12.1. The summed E-state index contributed by atoms with van der Waals surface area (Å²) in [6, 6.07) is 2.17. The van der Waals surface area contributed by atoms with E-state index in [2.05, 4.69) is 5.32 Å². The Hall–Kier alpha value is -1.25. The van der Waals surface area contributed by atoms with Gasteiger partial charge in [-0.3, -0.25) is 4.79 Å². The maximum absolute atomic E-state index is 12.1. The van der Waals surface area contributed by atoms with E-state index in [-0.39, 0.29) is 5.91 Å². The number of hydrogen-bond acceptors (Lipinski definition) is 2. The third kappa shape index (κ3) is 3.11. The van der Waals surface area contributed by atoms with Gasteiger partial charge >= 0.3 is 0 Å². The number of nitrogens with one attached hydrogen (secondary N) is 1. The molecule has 1 aliphatic carbocycles. The van der Waals surface area contributed by atoms with Gasteiger partial charge in [0.25, 0.3) is 5.91 Å². The summed E-state index contributed by atoms with van der Waals surface area (Å²) >= 11 is 0. The van der Waals surface area contributed by atoms with Crippen LogP contribution in [0.15, 0.2) is 10.5 Å². The van der Waals surface area contributed by atoms with E-state index >= 15 is 0 Å². The van der Waals surface area contributed by atoms with Crippen molar-refractivity contribution in [1.82, 2.24) is 5.32 Å². The molecule has 0 saturated heterocycles. The maximum Gasteiger partial charge on any atom is 0.255 e. The van der Waals surface area contributed by atoms with Gasteiger partial charge in [-0.15, -0.1) is 0 Å². The van der Waals surface area contributed by atoms with Crippen LogP contribution in [0.1, 0.15) is 60.4 Å². The standard InChI is InChI=1S/C14H21NO2/c1-10-9-13(11(2)17-10)14(16)15-12-7-5-3-4-6-8-12/h9,12H,3-8H2,1-2H3,(H,15,16). The Morgan fingerprint density at radius 1 is 1.24 bits per heavy atom. The van der Waals surface area contributed by atoms with Gasteiger partial charge in [0.05, 0.1) is 5.56 Å². The molecule has 0 radical (unpaired) electrons. The van der Waals surface area contributed by atoms with Gasteiger partial charge in [0.15, 0.2) is 0 Å². The number of carbonyl (C=O) groups excluding carboxylic acids is 1. The highest BCUT2D eigenvalue weighted by molar-refractivity contribution is 5.95. The Labute approximate surface area is 103 Å². The fraction of sp³-hybridized carbons (Fsp3) is 0.643. The van der Waals surface area contributed by atoms with Crippen molar-refractivity contribution in [1.29, 1.82) is 0 Å². The molecule has 1 heterocycles. The molecule has 1 aromatic heterocycles. The van der Waals surface area contributed by atoms with Gasteiger partial charge in [0.1, 0.15) is 11.5 Å². The van der Waals surface area contributed by atoms with Gasteiger partial charge in [-0.05, 0) is 32.8 Å². The lowest BCUT2D eigenvalue weighted by atomic mass is 10.1. The molecule has 1 amide bonds. The van der Waals surface area contributed by atoms with E-state index < -0.39 is 0 Å². The normalized spacial score (nSPS) is 17.8. The summed E-state index contributed by atoms with van der Waals surface area (Å²) in [6.07, 6.45) is 7.29. The summed E-state index contributed by atoms with van der Waals surface area (Å²) < 4.78 is 5.39. The van der Waals surface area contributed by atoms with Crippen LogP contribution in [0.3, 0.4) is 0 Å². The number of furan rings is 1. The van der Waals surface area contributed by atoms with E-state index in [1.54, 1.807) is 0 Å². The van der Waals surface area contributed by atoms with E-state index in [0.29, 0.717) is 17.4 Å². The zero-order chi connectivity index (χ0) is 12.3. The van der Waals surface area contributed by atoms with Crippen molar-refractivity contribution < 1.29 is 9.21 Å². The molecule has 0 atom stereocenters. The molecule has 1 fully saturated rings. The van der Waals surface area contributed by atoms with E-state index in [9.17, 15) is 4.79 Å². The highest BCUT2D eigenvalue weighted by Crippen LogP contribution is 2.19. The first-order chi connectivity index (χ1) is 8.16. The zero-order valence-corrected chi connectivity index (χ0v) is 10.7. The van der Waals surface area contributed by atoms with Gasteiger partial charge < -0.3 is 9.73 Å². The molecule has 0 aromatic carbocycles. The minimum Gasteiger partial charge on any atom is -0.466 e. The zero-order valence-electron chi connectivity index (χ0n) is 10.7. The number of carbonyl (C=O) groups is 1. The predicted octanol–water partition coefficient (Wildman–Crippen LogP) is 3.35. The van der Waals surface area contributed by atoms with Crippen LogP contribution in [0.5, 0.6) is 0 Å². The van der Waals surface area contributed by atoms with Crippen LogP contribution < -0.4 is 5.32 Å². The Balaban J connectivity index is 1.98. The second-order valence-electron chi connectivity index (χ2n) is 4.99. The van der Waals surface area contributed by atoms with Crippen molar-refractivity contribution in [3.63, 3.8) is 0 Å². The minimum atomic E-state index is 0.0197. The molecule has 0 unspecified atom stereocenters. The Morgan fingerprint density at radius 3 is 2.41 bits per heavy atom. The summed E-state index contributed by atoms with van der Waals surface area (Å²) in [6.45, 7) is 3.71. The van der Waals surface area contributed by atoms with Crippen LogP contribution in [0, 0.1) is 13.8 Å². The second kappa shape index (κ2) is 5.39. The fourth-order valence-electron chi connectivity index (χ4n) is 2.54. The number of aryl methyl sites for hydroxylation is 2. The Bertz CT molecular complexity index is 387. The molecule has 0 aliphatic heterocycles. The van der Waals surface area contributed by atoms with Gasteiger partial charge in [0, 0.05) is 6.04 Å². The lowest BCUT2D eigenvalue weighted by molar-refractivity contribution is 0.0932. The number of hydrogen-bond donors (Lipinski definition) is 1. The third-order valence-corrected chi connectivity index (χ3v) is 3.48. The molecular weight excluding hydrogens is 214 g/mol. The van der Waals surface area contributed by atoms with E-state index in [4.69, 9.17) is 4.42 Å². The SMILES string of the molecule is Cc1cc(C(=O)NC2CCCCCC2)c(C)o1. The summed E-state index contributed by atoms with van der Waals surface area (Å²) in [7, 11) is 0. The van der Waals surface area contributed by atoms with Crippen molar-refractivity contribution in [3.8, 4) is 0 Å². The van der Waals surface area contributed by atoms with Gasteiger partial charge in [-0.25, -0.2) is 0 Å². The highest BCUT2D eigenvalue weighted by Gasteiger charge is 2.18. The summed E-state index contributed by atoms with van der Waals surface area (Å²) in [5.74, 6) is 1.54. The molecule has 3 nitrogen and oxygen atoms in total. The van der Waals surface area contributed by atoms with Crippen molar-refractivity contribution in [2.45, 2.75) is 58.4 Å². The number of rotatable bonds is 2. The van der Waals surface area contributed by atoms with Gasteiger partial charge in [0.2, 0.25) is 0 Å². The van der Waals surface area contributed by atoms with Crippen LogP contribution in [0.25, 0.3) is 0 Å². The van der Waals surface area contributed by atoms with Crippen molar-refractivity contribution in [2.75, 3.05) is 0 Å². The molecule has 17 heavy (non-hydrogen) atoms. The lowest BCUT2D eigenvalue weighted by Gasteiger charge is -2.15. The largest absolute Gasteiger partial charge is 0.466 e. The van der Waals surface area contributed by atoms with Crippen LogP contribution >= 0.6 is 0 Å². The van der Waals surface area contributed by atoms with Crippen LogP contribution in [-0.2, 0) is 0 Å². The summed E-state index contributed by atoms with van der Waals surface area (Å²) in [4.78, 5) is 12.1. The monoisotopic (exact) mass is 235 g/mol. The molecule has 2 rings (SSSR count). The first-order valence-electron chi connectivity index (χ1n) is 6.54. The first-order valence-corrected chi connectivity index (χ1v) is 6.54. The second-order valence-corrected chi connectivity index (χ2v) is 4.99. The molecule has 0 bridgehead atoms. The molecule has 1 aliphatic rings. The van der Waals surface area contributed by atoms with Crippen LogP contribution in [-0.4, -0.2) is 11.9 Å². The molecule has 1 aromatic rings. The fourth-order valence-corrected chi connectivity index (χ4v) is 2.54. The van der Waals surface area contributed by atoms with Gasteiger partial charge in [-0.2, -0.15) is 0 Å². The molecule has 0 spiro atoms. The Morgan fingerprint density at radius 2 is 1.88 bits per heavy atom. The Kier molecular flexibility index (Phi) is 3.87. The average molecular weight is 235 g/mol. The van der Waals surface area contributed by atoms with Crippen molar-refractivity contribution in [2.24, 2.45) is 0 Å². The first kappa shape index (κ1) is 12.2. The third-order valence-electron chi connectivity index (χ3n) is 3.48. The predicted molar refractivity (Wildman–Crippen MR) is 67.1 cm³/mol. The summed E-state index contributed by atoms with van der Waals surface area (Å²) in [5, 5.41) is 3.13. The lowest BCUT2D eigenvalue weighted by Crippen LogP contribution is -2.34. The van der Waals surface area contributed by atoms with Crippen molar-refractivity contribution in [3.05, 3.63) is 23.2 Å². The topological polar surface area (TPSA) is 42.2 Å². The van der Waals surface area contributed by atoms with E-state index in [1.807, 2.05) is 19.9 Å². The smallest absolute Gasteiger partial charge is 0.255 e. The average Bonchev–Trinajstić information content (AvgIpc) is 2.51. The van der Waals surface area contributed by atoms with E-state index in [1.165, 1.54) is 25.7 Å². The van der Waals surface area contributed by atoms with Crippen LogP contribution in [0.4, 0.5) is 0 Å². The minimum absolute atomic E-state index is 0.0197. The quantitative estimate of drug-likeness (QED) is 0.799. The van der Waals surface area contributed by atoms with E-state index in [0.717, 1.165) is 18.6 Å². The van der Waals surface area contributed by atoms with Crippen molar-refractivity contribution >= 4 is 5.91 Å². The summed E-state index contributed by atoms with van der Waals surface area (Å²) in [5.41, 5.74) is 0.687. The molecule has 3 heteroatoms. The highest BCUT2D eigenvalue weighted by atomic mass is 16.3. The van der Waals surface area contributed by atoms with Crippen LogP contribution in [0.2, 0.25) is 0 Å².